The third-order valence-corrected chi connectivity index (χ3v) is 4.57. The van der Waals surface area contributed by atoms with E-state index >= 15 is 0 Å². The zero-order valence-corrected chi connectivity index (χ0v) is 15.7. The van der Waals surface area contributed by atoms with Gasteiger partial charge >= 0.3 is 6.03 Å². The fourth-order valence-electron chi connectivity index (χ4n) is 2.85. The predicted molar refractivity (Wildman–Crippen MR) is 108 cm³/mol. The molecule has 0 aliphatic rings. The standard InChI is InChI=1S/C23H23FN2O2/c1-23(28,16-26-22(27)25-15-17-7-13-21(24)14-8-17)20-11-9-19(10-12-20)18-5-3-2-4-6-18/h2-14,28H,15-16H2,1H3,(H2,25,26,27)/t23-/m0/s1. The van der Waals surface area contributed by atoms with Crippen molar-refractivity contribution in [2.45, 2.75) is 19.1 Å². The number of rotatable bonds is 6. The molecule has 0 aromatic heterocycles. The average molecular weight is 378 g/mol. The van der Waals surface area contributed by atoms with E-state index in [0.717, 1.165) is 16.7 Å². The molecule has 3 rings (SSSR count). The molecule has 0 radical (unpaired) electrons. The lowest BCUT2D eigenvalue weighted by molar-refractivity contribution is 0.0594. The Hall–Kier alpha value is -3.18. The molecule has 3 aromatic carbocycles. The largest absolute Gasteiger partial charge is 0.384 e. The van der Waals surface area contributed by atoms with Gasteiger partial charge in [-0.1, -0.05) is 66.7 Å². The van der Waals surface area contributed by atoms with Crippen LogP contribution < -0.4 is 10.6 Å². The van der Waals surface area contributed by atoms with Crippen LogP contribution in [0.3, 0.4) is 0 Å². The van der Waals surface area contributed by atoms with Crippen molar-refractivity contribution in [1.82, 2.24) is 10.6 Å². The van der Waals surface area contributed by atoms with E-state index in [9.17, 15) is 14.3 Å². The highest BCUT2D eigenvalue weighted by Gasteiger charge is 2.23. The summed E-state index contributed by atoms with van der Waals surface area (Å²) in [5, 5.41) is 16.1. The normalized spacial score (nSPS) is 12.8. The maximum Gasteiger partial charge on any atom is 0.315 e. The van der Waals surface area contributed by atoms with Crippen LogP contribution >= 0.6 is 0 Å². The number of hydrogen-bond donors (Lipinski definition) is 3. The maximum absolute atomic E-state index is 12.9. The fourth-order valence-corrected chi connectivity index (χ4v) is 2.85. The van der Waals surface area contributed by atoms with Crippen molar-refractivity contribution < 1.29 is 14.3 Å². The lowest BCUT2D eigenvalue weighted by Gasteiger charge is -2.24. The molecule has 5 heteroatoms. The molecular formula is C23H23FN2O2. The second-order valence-electron chi connectivity index (χ2n) is 6.88. The van der Waals surface area contributed by atoms with Crippen LogP contribution in [0.1, 0.15) is 18.1 Å². The molecule has 28 heavy (non-hydrogen) atoms. The van der Waals surface area contributed by atoms with Crippen LogP contribution in [0.4, 0.5) is 9.18 Å². The van der Waals surface area contributed by atoms with Gasteiger partial charge in [-0.3, -0.25) is 0 Å². The van der Waals surface area contributed by atoms with Gasteiger partial charge in [-0.25, -0.2) is 9.18 Å². The monoisotopic (exact) mass is 378 g/mol. The lowest BCUT2D eigenvalue weighted by atomic mass is 9.94. The van der Waals surface area contributed by atoms with Crippen molar-refractivity contribution in [3.8, 4) is 11.1 Å². The molecule has 0 fully saturated rings. The van der Waals surface area contributed by atoms with Crippen molar-refractivity contribution >= 4 is 6.03 Å². The van der Waals surface area contributed by atoms with Crippen LogP contribution in [0.5, 0.6) is 0 Å². The molecule has 0 heterocycles. The molecule has 0 saturated carbocycles. The van der Waals surface area contributed by atoms with Crippen LogP contribution in [-0.4, -0.2) is 17.7 Å². The molecule has 3 N–H and O–H groups in total. The van der Waals surface area contributed by atoms with E-state index in [0.29, 0.717) is 5.56 Å². The molecule has 0 aliphatic carbocycles. The first-order valence-corrected chi connectivity index (χ1v) is 9.08. The number of nitrogens with one attached hydrogen (secondary N) is 2. The fraction of sp³-hybridized carbons (Fsp3) is 0.174. The molecule has 0 spiro atoms. The number of carbonyl (C=O) groups is 1. The van der Waals surface area contributed by atoms with E-state index < -0.39 is 11.6 Å². The third kappa shape index (κ3) is 5.18. The van der Waals surface area contributed by atoms with Gasteiger partial charge in [0.2, 0.25) is 0 Å². The highest BCUT2D eigenvalue weighted by molar-refractivity contribution is 5.74. The van der Waals surface area contributed by atoms with Crippen LogP contribution in [0, 0.1) is 5.82 Å². The second kappa shape index (κ2) is 8.67. The Kier molecular flexibility index (Phi) is 6.06. The summed E-state index contributed by atoms with van der Waals surface area (Å²) >= 11 is 0. The number of halogens is 1. The van der Waals surface area contributed by atoms with E-state index in [4.69, 9.17) is 0 Å². The van der Waals surface area contributed by atoms with E-state index in [-0.39, 0.29) is 18.9 Å². The van der Waals surface area contributed by atoms with Gasteiger partial charge in [0.25, 0.3) is 0 Å². The van der Waals surface area contributed by atoms with E-state index in [1.54, 1.807) is 19.1 Å². The van der Waals surface area contributed by atoms with Crippen molar-refractivity contribution in [3.63, 3.8) is 0 Å². The second-order valence-corrected chi connectivity index (χ2v) is 6.88. The van der Waals surface area contributed by atoms with Gasteiger partial charge < -0.3 is 15.7 Å². The van der Waals surface area contributed by atoms with Crippen LogP contribution in [0.25, 0.3) is 11.1 Å². The third-order valence-electron chi connectivity index (χ3n) is 4.57. The molecular weight excluding hydrogens is 355 g/mol. The molecule has 0 saturated heterocycles. The van der Waals surface area contributed by atoms with Gasteiger partial charge in [0.15, 0.2) is 0 Å². The molecule has 4 nitrogen and oxygen atoms in total. The zero-order valence-electron chi connectivity index (χ0n) is 15.7. The Morgan fingerprint density at radius 1 is 0.893 bits per heavy atom. The van der Waals surface area contributed by atoms with Crippen molar-refractivity contribution in [2.75, 3.05) is 6.54 Å². The number of hydrogen-bond acceptors (Lipinski definition) is 2. The molecule has 3 aromatic rings. The number of amides is 2. The minimum absolute atomic E-state index is 0.0624. The molecule has 2 amide bonds. The first-order valence-electron chi connectivity index (χ1n) is 9.08. The Balaban J connectivity index is 1.54. The minimum Gasteiger partial charge on any atom is -0.384 e. The van der Waals surface area contributed by atoms with Gasteiger partial charge in [0, 0.05) is 6.54 Å². The maximum atomic E-state index is 12.9. The van der Waals surface area contributed by atoms with E-state index in [1.807, 2.05) is 54.6 Å². The summed E-state index contributed by atoms with van der Waals surface area (Å²) in [7, 11) is 0. The Morgan fingerprint density at radius 3 is 2.14 bits per heavy atom. The number of aliphatic hydroxyl groups is 1. The summed E-state index contributed by atoms with van der Waals surface area (Å²) in [4.78, 5) is 12.0. The summed E-state index contributed by atoms with van der Waals surface area (Å²) in [6.07, 6.45) is 0. The Morgan fingerprint density at radius 2 is 1.50 bits per heavy atom. The number of benzene rings is 3. The lowest BCUT2D eigenvalue weighted by Crippen LogP contribution is -2.43. The summed E-state index contributed by atoms with van der Waals surface area (Å²) in [6.45, 7) is 2.00. The van der Waals surface area contributed by atoms with Crippen LogP contribution in [-0.2, 0) is 12.1 Å². The summed E-state index contributed by atoms with van der Waals surface area (Å²) in [5.74, 6) is -0.317. The SMILES string of the molecule is C[C@](O)(CNC(=O)NCc1ccc(F)cc1)c1ccc(-c2ccccc2)cc1. The Bertz CT molecular complexity index is 908. The predicted octanol–water partition coefficient (Wildman–Crippen LogP) is 4.20. The summed E-state index contributed by atoms with van der Waals surface area (Å²) in [5.41, 5.74) is 2.46. The van der Waals surface area contributed by atoms with Gasteiger partial charge in [0.1, 0.15) is 11.4 Å². The smallest absolute Gasteiger partial charge is 0.315 e. The highest BCUT2D eigenvalue weighted by atomic mass is 19.1. The van der Waals surface area contributed by atoms with Crippen molar-refractivity contribution in [1.29, 1.82) is 0 Å². The molecule has 144 valence electrons. The van der Waals surface area contributed by atoms with Gasteiger partial charge in [-0.2, -0.15) is 0 Å². The molecule has 0 unspecified atom stereocenters. The average Bonchev–Trinajstić information content (AvgIpc) is 2.73. The van der Waals surface area contributed by atoms with Crippen LogP contribution in [0.15, 0.2) is 78.9 Å². The van der Waals surface area contributed by atoms with Crippen molar-refractivity contribution in [2.24, 2.45) is 0 Å². The summed E-state index contributed by atoms with van der Waals surface area (Å²) < 4.78 is 12.9. The van der Waals surface area contributed by atoms with Gasteiger partial charge in [0.05, 0.1) is 6.54 Å². The summed E-state index contributed by atoms with van der Waals surface area (Å²) in [6, 6.07) is 23.1. The topological polar surface area (TPSA) is 61.4 Å². The van der Waals surface area contributed by atoms with Crippen molar-refractivity contribution in [3.05, 3.63) is 95.8 Å². The number of carbonyl (C=O) groups excluding carboxylic acids is 1. The highest BCUT2D eigenvalue weighted by Crippen LogP contribution is 2.24. The van der Waals surface area contributed by atoms with Gasteiger partial charge in [-0.15, -0.1) is 0 Å². The first-order chi connectivity index (χ1) is 13.4. The minimum atomic E-state index is -1.21. The van der Waals surface area contributed by atoms with Crippen LogP contribution in [0.2, 0.25) is 0 Å². The molecule has 0 aliphatic heterocycles. The quantitative estimate of drug-likeness (QED) is 0.602. The molecule has 0 bridgehead atoms. The molecule has 1 atom stereocenters. The number of urea groups is 1. The van der Waals surface area contributed by atoms with E-state index in [2.05, 4.69) is 10.6 Å². The zero-order chi connectivity index (χ0) is 20.0. The van der Waals surface area contributed by atoms with E-state index in [1.165, 1.54) is 12.1 Å². The first kappa shape index (κ1) is 19.6. The van der Waals surface area contributed by atoms with Gasteiger partial charge in [-0.05, 0) is 41.3 Å². The Labute approximate surface area is 164 Å².